The Kier molecular flexibility index (Phi) is 3.90. The summed E-state index contributed by atoms with van der Waals surface area (Å²) in [5.41, 5.74) is 0. The van der Waals surface area contributed by atoms with Gasteiger partial charge in [0, 0.05) is 6.42 Å². The molecule has 0 radical (unpaired) electrons. The van der Waals surface area contributed by atoms with E-state index in [1.807, 2.05) is 0 Å². The third-order valence-corrected chi connectivity index (χ3v) is 2.28. The molecule has 1 heteroatoms. The Bertz CT molecular complexity index is 188. The van der Waals surface area contributed by atoms with Gasteiger partial charge in [0.15, 0.2) is 0 Å². The number of aliphatic hydroxyl groups is 1. The molecule has 1 nitrogen and oxygen atoms in total. The third kappa shape index (κ3) is 3.11. The normalized spacial score (nSPS) is 24.8. The van der Waals surface area contributed by atoms with Crippen LogP contribution in [-0.2, 0) is 0 Å². The summed E-state index contributed by atoms with van der Waals surface area (Å²) < 4.78 is 0. The van der Waals surface area contributed by atoms with Crippen LogP contribution in [0.3, 0.4) is 0 Å². The molecule has 0 bridgehead atoms. The second kappa shape index (κ2) is 5.00. The van der Waals surface area contributed by atoms with Crippen LogP contribution in [-0.4, -0.2) is 11.2 Å². The Balaban J connectivity index is 2.25. The fraction of sp³-hybridized carbons (Fsp3) is 0.636. The summed E-state index contributed by atoms with van der Waals surface area (Å²) in [7, 11) is 0. The molecule has 66 valence electrons. The van der Waals surface area contributed by atoms with Gasteiger partial charge in [0.1, 0.15) is 0 Å². The molecule has 0 fully saturated rings. The number of terminal acetylenes is 1. The minimum absolute atomic E-state index is 0.303. The van der Waals surface area contributed by atoms with Crippen molar-refractivity contribution in [3.05, 3.63) is 12.2 Å². The molecule has 0 aromatic carbocycles. The first kappa shape index (κ1) is 9.35. The summed E-state index contributed by atoms with van der Waals surface area (Å²) in [5.74, 6) is 3.04. The third-order valence-electron chi connectivity index (χ3n) is 2.28. The van der Waals surface area contributed by atoms with E-state index in [0.717, 1.165) is 6.42 Å². The summed E-state index contributed by atoms with van der Waals surface area (Å²) >= 11 is 0. The van der Waals surface area contributed by atoms with Gasteiger partial charge in [-0.2, -0.15) is 0 Å². The highest BCUT2D eigenvalue weighted by Gasteiger charge is 2.12. The van der Waals surface area contributed by atoms with E-state index in [-0.39, 0.29) is 6.10 Å². The zero-order valence-electron chi connectivity index (χ0n) is 7.37. The van der Waals surface area contributed by atoms with Gasteiger partial charge in [0.2, 0.25) is 0 Å². The Labute approximate surface area is 74.5 Å². The Hall–Kier alpha value is -0.740. The minimum atomic E-state index is -0.303. The highest BCUT2D eigenvalue weighted by molar-refractivity contribution is 4.95. The molecule has 1 rings (SSSR count). The van der Waals surface area contributed by atoms with Crippen LogP contribution in [0, 0.1) is 18.3 Å². The van der Waals surface area contributed by atoms with Crippen molar-refractivity contribution in [1.29, 1.82) is 0 Å². The second-order valence-electron chi connectivity index (χ2n) is 3.42. The maximum atomic E-state index is 9.43. The largest absolute Gasteiger partial charge is 0.392 e. The van der Waals surface area contributed by atoms with Gasteiger partial charge in [-0.3, -0.25) is 0 Å². The summed E-state index contributed by atoms with van der Waals surface area (Å²) in [5, 5.41) is 9.43. The van der Waals surface area contributed by atoms with Gasteiger partial charge in [0.25, 0.3) is 0 Å². The molecule has 0 aliphatic heterocycles. The van der Waals surface area contributed by atoms with E-state index in [0.29, 0.717) is 12.3 Å². The lowest BCUT2D eigenvalue weighted by Gasteiger charge is -2.18. The first-order valence-corrected chi connectivity index (χ1v) is 4.61. The van der Waals surface area contributed by atoms with Gasteiger partial charge in [-0.1, -0.05) is 12.2 Å². The molecule has 2 unspecified atom stereocenters. The van der Waals surface area contributed by atoms with Crippen LogP contribution in [0.4, 0.5) is 0 Å². The molecule has 12 heavy (non-hydrogen) atoms. The first-order valence-electron chi connectivity index (χ1n) is 4.61. The topological polar surface area (TPSA) is 20.2 Å². The van der Waals surface area contributed by atoms with Crippen molar-refractivity contribution in [2.24, 2.45) is 5.92 Å². The SMILES string of the molecule is C#CCC(O)CC1C=CCCC1. The zero-order chi connectivity index (χ0) is 8.81. The molecule has 1 aliphatic carbocycles. The predicted molar refractivity (Wildman–Crippen MR) is 50.6 cm³/mol. The van der Waals surface area contributed by atoms with Crippen LogP contribution in [0.1, 0.15) is 32.1 Å². The lowest BCUT2D eigenvalue weighted by Crippen LogP contribution is -2.12. The van der Waals surface area contributed by atoms with Crippen molar-refractivity contribution in [1.82, 2.24) is 0 Å². The van der Waals surface area contributed by atoms with Crippen molar-refractivity contribution in [2.75, 3.05) is 0 Å². The van der Waals surface area contributed by atoms with Gasteiger partial charge < -0.3 is 5.11 Å². The summed E-state index contributed by atoms with van der Waals surface area (Å²) in [6.07, 6.45) is 14.2. The van der Waals surface area contributed by atoms with Crippen molar-refractivity contribution < 1.29 is 5.11 Å². The van der Waals surface area contributed by atoms with Crippen molar-refractivity contribution in [3.8, 4) is 12.3 Å². The van der Waals surface area contributed by atoms with Gasteiger partial charge >= 0.3 is 0 Å². The number of allylic oxidation sites excluding steroid dienone is 2. The number of aliphatic hydroxyl groups excluding tert-OH is 1. The summed E-state index contributed by atoms with van der Waals surface area (Å²) in [4.78, 5) is 0. The molecule has 1 N–H and O–H groups in total. The van der Waals surface area contributed by atoms with E-state index >= 15 is 0 Å². The van der Waals surface area contributed by atoms with Crippen molar-refractivity contribution in [2.45, 2.75) is 38.2 Å². The van der Waals surface area contributed by atoms with Crippen LogP contribution in [0.25, 0.3) is 0 Å². The lowest BCUT2D eigenvalue weighted by molar-refractivity contribution is 0.152. The quantitative estimate of drug-likeness (QED) is 0.500. The van der Waals surface area contributed by atoms with Crippen LogP contribution in [0.2, 0.25) is 0 Å². The lowest BCUT2D eigenvalue weighted by atomic mass is 9.90. The maximum Gasteiger partial charge on any atom is 0.0654 e. The standard InChI is InChI=1S/C11H16O/c1-2-6-11(12)9-10-7-4-3-5-8-10/h1,4,7,10-12H,3,5-6,8-9H2. The summed E-state index contributed by atoms with van der Waals surface area (Å²) in [6, 6.07) is 0. The van der Waals surface area contributed by atoms with Gasteiger partial charge in [-0.05, 0) is 31.6 Å². The number of rotatable bonds is 3. The second-order valence-corrected chi connectivity index (χ2v) is 3.42. The van der Waals surface area contributed by atoms with Gasteiger partial charge in [0.05, 0.1) is 6.10 Å². The van der Waals surface area contributed by atoms with E-state index in [1.165, 1.54) is 19.3 Å². The Morgan fingerprint density at radius 1 is 1.67 bits per heavy atom. The van der Waals surface area contributed by atoms with Crippen molar-refractivity contribution in [3.63, 3.8) is 0 Å². The molecule has 0 saturated heterocycles. The van der Waals surface area contributed by atoms with E-state index in [9.17, 15) is 5.11 Å². The highest BCUT2D eigenvalue weighted by Crippen LogP contribution is 2.22. The van der Waals surface area contributed by atoms with Gasteiger partial charge in [-0.25, -0.2) is 0 Å². The number of hydrogen-bond acceptors (Lipinski definition) is 1. The highest BCUT2D eigenvalue weighted by atomic mass is 16.3. The smallest absolute Gasteiger partial charge is 0.0654 e. The molecule has 2 atom stereocenters. The number of hydrogen-bond donors (Lipinski definition) is 1. The molecule has 0 saturated carbocycles. The Morgan fingerprint density at radius 2 is 2.50 bits per heavy atom. The first-order chi connectivity index (χ1) is 5.83. The predicted octanol–water partition coefficient (Wildman–Crippen LogP) is 2.12. The molecule has 0 spiro atoms. The van der Waals surface area contributed by atoms with E-state index in [2.05, 4.69) is 18.1 Å². The fourth-order valence-electron chi connectivity index (χ4n) is 1.65. The summed E-state index contributed by atoms with van der Waals surface area (Å²) in [6.45, 7) is 0. The van der Waals surface area contributed by atoms with E-state index in [1.54, 1.807) is 0 Å². The van der Waals surface area contributed by atoms with Crippen molar-refractivity contribution >= 4 is 0 Å². The zero-order valence-corrected chi connectivity index (χ0v) is 7.37. The monoisotopic (exact) mass is 164 g/mol. The molecule has 0 aromatic rings. The minimum Gasteiger partial charge on any atom is -0.392 e. The maximum absolute atomic E-state index is 9.43. The van der Waals surface area contributed by atoms with E-state index in [4.69, 9.17) is 6.42 Å². The Morgan fingerprint density at radius 3 is 3.08 bits per heavy atom. The van der Waals surface area contributed by atoms with Crippen LogP contribution in [0.15, 0.2) is 12.2 Å². The molecular weight excluding hydrogens is 148 g/mol. The molecule has 0 amide bonds. The molecule has 1 aliphatic rings. The van der Waals surface area contributed by atoms with Crippen LogP contribution >= 0.6 is 0 Å². The molecule has 0 aromatic heterocycles. The average Bonchev–Trinajstić information content (AvgIpc) is 2.06. The van der Waals surface area contributed by atoms with Crippen LogP contribution in [0.5, 0.6) is 0 Å². The van der Waals surface area contributed by atoms with Crippen LogP contribution < -0.4 is 0 Å². The molecular formula is C11H16O. The fourth-order valence-corrected chi connectivity index (χ4v) is 1.65. The molecule has 0 heterocycles. The van der Waals surface area contributed by atoms with Gasteiger partial charge in [-0.15, -0.1) is 12.3 Å². The average molecular weight is 164 g/mol. The van der Waals surface area contributed by atoms with E-state index < -0.39 is 0 Å².